The van der Waals surface area contributed by atoms with Crippen LogP contribution < -0.4 is 11.1 Å². The molecule has 110 valence electrons. The molecule has 0 aromatic carbocycles. The maximum Gasteiger partial charge on any atom is 0.223 e. The molecule has 0 aliphatic heterocycles. The first-order valence-electron chi connectivity index (χ1n) is 7.80. The van der Waals surface area contributed by atoms with Crippen LogP contribution in [-0.4, -0.2) is 29.7 Å². The summed E-state index contributed by atoms with van der Waals surface area (Å²) < 4.78 is 0. The highest BCUT2D eigenvalue weighted by atomic mass is 16.3. The highest BCUT2D eigenvalue weighted by Gasteiger charge is 2.38. The Labute approximate surface area is 116 Å². The van der Waals surface area contributed by atoms with Gasteiger partial charge in [0.2, 0.25) is 5.91 Å². The molecular formula is C15H28N2O2. The van der Waals surface area contributed by atoms with Crippen LogP contribution >= 0.6 is 0 Å². The molecule has 0 aromatic heterocycles. The predicted molar refractivity (Wildman–Crippen MR) is 75.5 cm³/mol. The molecule has 4 heteroatoms. The first-order chi connectivity index (χ1) is 9.11. The summed E-state index contributed by atoms with van der Waals surface area (Å²) in [6.45, 7) is 2.10. The van der Waals surface area contributed by atoms with Crippen molar-refractivity contribution in [1.29, 1.82) is 0 Å². The second-order valence-corrected chi connectivity index (χ2v) is 6.43. The number of nitrogens with one attached hydrogen (secondary N) is 1. The van der Waals surface area contributed by atoms with Crippen LogP contribution in [0.15, 0.2) is 0 Å². The van der Waals surface area contributed by atoms with Crippen LogP contribution in [0.3, 0.4) is 0 Å². The van der Waals surface area contributed by atoms with Crippen LogP contribution in [0.25, 0.3) is 0 Å². The fraction of sp³-hybridized carbons (Fsp3) is 0.933. The molecule has 5 unspecified atom stereocenters. The summed E-state index contributed by atoms with van der Waals surface area (Å²) >= 11 is 0. The highest BCUT2D eigenvalue weighted by molar-refractivity contribution is 5.78. The van der Waals surface area contributed by atoms with Gasteiger partial charge in [-0.25, -0.2) is 0 Å². The van der Waals surface area contributed by atoms with E-state index in [-0.39, 0.29) is 18.4 Å². The molecule has 2 saturated carbocycles. The molecule has 0 heterocycles. The normalized spacial score (nSPS) is 33.5. The summed E-state index contributed by atoms with van der Waals surface area (Å²) in [4.78, 5) is 12.2. The Morgan fingerprint density at radius 3 is 2.79 bits per heavy atom. The molecule has 0 aromatic rings. The monoisotopic (exact) mass is 268 g/mol. The molecule has 2 rings (SSSR count). The van der Waals surface area contributed by atoms with Gasteiger partial charge in [0.1, 0.15) is 0 Å². The summed E-state index contributed by atoms with van der Waals surface area (Å²) in [5.74, 6) is 1.47. The van der Waals surface area contributed by atoms with Crippen molar-refractivity contribution in [3.05, 3.63) is 0 Å². The fourth-order valence-corrected chi connectivity index (χ4v) is 3.85. The number of rotatable bonds is 5. The molecule has 0 bridgehead atoms. The molecule has 0 saturated heterocycles. The van der Waals surface area contributed by atoms with Crippen molar-refractivity contribution in [2.45, 2.75) is 64.0 Å². The minimum Gasteiger partial charge on any atom is -0.392 e. The van der Waals surface area contributed by atoms with E-state index in [1.165, 1.54) is 32.1 Å². The lowest BCUT2D eigenvalue weighted by Gasteiger charge is -2.30. The lowest BCUT2D eigenvalue weighted by Crippen LogP contribution is -2.42. The number of carbonyl (C=O) groups excluding carboxylic acids is 1. The highest BCUT2D eigenvalue weighted by Crippen LogP contribution is 2.42. The number of hydrogen-bond acceptors (Lipinski definition) is 3. The number of fused-ring (bicyclic) bond motifs is 1. The molecule has 2 aliphatic carbocycles. The van der Waals surface area contributed by atoms with Gasteiger partial charge in [-0.15, -0.1) is 0 Å². The van der Waals surface area contributed by atoms with Crippen LogP contribution in [0.5, 0.6) is 0 Å². The molecule has 2 fully saturated rings. The molecule has 1 amide bonds. The van der Waals surface area contributed by atoms with Gasteiger partial charge < -0.3 is 16.2 Å². The standard InChI is InChI=1S/C15H28N2O2/c1-10(8-12(18)9-16)15(19)17-14-7-6-11-4-2-3-5-13(11)14/h10-14,18H,2-9,16H2,1H3,(H,17,19). The van der Waals surface area contributed by atoms with E-state index in [1.807, 2.05) is 6.92 Å². The number of amides is 1. The topological polar surface area (TPSA) is 75.3 Å². The van der Waals surface area contributed by atoms with Gasteiger partial charge in [0.05, 0.1) is 6.10 Å². The maximum absolute atomic E-state index is 12.2. The van der Waals surface area contributed by atoms with E-state index in [0.717, 1.165) is 12.3 Å². The Kier molecular flexibility index (Phi) is 5.22. The molecule has 19 heavy (non-hydrogen) atoms. The van der Waals surface area contributed by atoms with Gasteiger partial charge in [-0.2, -0.15) is 0 Å². The van der Waals surface area contributed by atoms with Crippen molar-refractivity contribution in [2.24, 2.45) is 23.5 Å². The molecular weight excluding hydrogens is 240 g/mol. The smallest absolute Gasteiger partial charge is 0.223 e. The third kappa shape index (κ3) is 3.69. The van der Waals surface area contributed by atoms with Crippen molar-refractivity contribution >= 4 is 5.91 Å². The van der Waals surface area contributed by atoms with Gasteiger partial charge >= 0.3 is 0 Å². The van der Waals surface area contributed by atoms with Crippen molar-refractivity contribution in [1.82, 2.24) is 5.32 Å². The lowest BCUT2D eigenvalue weighted by atomic mass is 9.80. The minimum atomic E-state index is -0.563. The maximum atomic E-state index is 12.2. The average Bonchev–Trinajstić information content (AvgIpc) is 2.82. The van der Waals surface area contributed by atoms with Gasteiger partial charge in [-0.1, -0.05) is 26.2 Å². The quantitative estimate of drug-likeness (QED) is 0.706. The number of aliphatic hydroxyl groups is 1. The van der Waals surface area contributed by atoms with E-state index < -0.39 is 6.10 Å². The number of nitrogens with two attached hydrogens (primary N) is 1. The first kappa shape index (κ1) is 14.8. The summed E-state index contributed by atoms with van der Waals surface area (Å²) in [5.41, 5.74) is 5.39. The van der Waals surface area contributed by atoms with E-state index in [0.29, 0.717) is 18.4 Å². The zero-order valence-corrected chi connectivity index (χ0v) is 12.0. The first-order valence-corrected chi connectivity index (χ1v) is 7.80. The van der Waals surface area contributed by atoms with E-state index in [9.17, 15) is 9.90 Å². The van der Waals surface area contributed by atoms with Gasteiger partial charge in [-0.05, 0) is 37.5 Å². The van der Waals surface area contributed by atoms with E-state index in [1.54, 1.807) is 0 Å². The molecule has 5 atom stereocenters. The molecule has 0 spiro atoms. The Morgan fingerprint density at radius 2 is 2.05 bits per heavy atom. The van der Waals surface area contributed by atoms with Crippen LogP contribution in [0.1, 0.15) is 51.9 Å². The molecule has 0 radical (unpaired) electrons. The molecule has 2 aliphatic rings. The van der Waals surface area contributed by atoms with E-state index in [4.69, 9.17) is 5.73 Å². The zero-order chi connectivity index (χ0) is 13.8. The largest absolute Gasteiger partial charge is 0.392 e. The number of carbonyl (C=O) groups is 1. The summed E-state index contributed by atoms with van der Waals surface area (Å²) in [6.07, 6.45) is 7.60. The number of hydrogen-bond donors (Lipinski definition) is 3. The summed E-state index contributed by atoms with van der Waals surface area (Å²) in [6, 6.07) is 0.371. The third-order valence-corrected chi connectivity index (χ3v) is 5.01. The fourth-order valence-electron chi connectivity index (χ4n) is 3.85. The van der Waals surface area contributed by atoms with Crippen molar-refractivity contribution in [2.75, 3.05) is 6.54 Å². The molecule has 4 nitrogen and oxygen atoms in total. The van der Waals surface area contributed by atoms with Gasteiger partial charge in [0.15, 0.2) is 0 Å². The van der Waals surface area contributed by atoms with Crippen LogP contribution in [-0.2, 0) is 4.79 Å². The van der Waals surface area contributed by atoms with Crippen LogP contribution in [0, 0.1) is 17.8 Å². The van der Waals surface area contributed by atoms with Gasteiger partial charge in [-0.3, -0.25) is 4.79 Å². The SMILES string of the molecule is CC(CC(O)CN)C(=O)NC1CCC2CCCCC21. The van der Waals surface area contributed by atoms with Crippen LogP contribution in [0.4, 0.5) is 0 Å². The second-order valence-electron chi connectivity index (χ2n) is 6.43. The summed E-state index contributed by atoms with van der Waals surface area (Å²) in [5, 5.41) is 12.7. The summed E-state index contributed by atoms with van der Waals surface area (Å²) in [7, 11) is 0. The number of aliphatic hydroxyl groups excluding tert-OH is 1. The minimum absolute atomic E-state index is 0.0868. The Balaban J connectivity index is 1.81. The third-order valence-electron chi connectivity index (χ3n) is 5.01. The van der Waals surface area contributed by atoms with E-state index >= 15 is 0 Å². The zero-order valence-electron chi connectivity index (χ0n) is 12.0. The average molecular weight is 268 g/mol. The van der Waals surface area contributed by atoms with Crippen molar-refractivity contribution in [3.8, 4) is 0 Å². The van der Waals surface area contributed by atoms with Crippen molar-refractivity contribution < 1.29 is 9.90 Å². The van der Waals surface area contributed by atoms with Crippen LogP contribution in [0.2, 0.25) is 0 Å². The Morgan fingerprint density at radius 1 is 1.32 bits per heavy atom. The Hall–Kier alpha value is -0.610. The second kappa shape index (κ2) is 6.71. The molecule has 4 N–H and O–H groups in total. The van der Waals surface area contributed by atoms with Crippen molar-refractivity contribution in [3.63, 3.8) is 0 Å². The predicted octanol–water partition coefficient (Wildman–Crippen LogP) is 1.42. The van der Waals surface area contributed by atoms with Gasteiger partial charge in [0.25, 0.3) is 0 Å². The Bertz CT molecular complexity index is 309. The van der Waals surface area contributed by atoms with E-state index in [2.05, 4.69) is 5.32 Å². The van der Waals surface area contributed by atoms with Gasteiger partial charge in [0, 0.05) is 18.5 Å². The lowest BCUT2D eigenvalue weighted by molar-refractivity contribution is -0.126.